The van der Waals surface area contributed by atoms with Crippen LogP contribution in [0.5, 0.6) is 0 Å². The van der Waals surface area contributed by atoms with Crippen molar-refractivity contribution in [3.63, 3.8) is 0 Å². The van der Waals surface area contributed by atoms with Crippen molar-refractivity contribution in [2.75, 3.05) is 39.4 Å². The van der Waals surface area contributed by atoms with Crippen LogP contribution in [0.3, 0.4) is 0 Å². The van der Waals surface area contributed by atoms with Gasteiger partial charge in [-0.05, 0) is 25.8 Å². The Morgan fingerprint density at radius 1 is 1.59 bits per heavy atom. The zero-order chi connectivity index (χ0) is 12.5. The zero-order valence-electron chi connectivity index (χ0n) is 10.7. The van der Waals surface area contributed by atoms with Gasteiger partial charge in [0, 0.05) is 19.7 Å². The number of hydrogen-bond acceptors (Lipinski definition) is 4. The normalized spacial score (nSPS) is 21.4. The first-order valence-electron chi connectivity index (χ1n) is 6.47. The number of hydrogen-bond donors (Lipinski definition) is 2. The average Bonchev–Trinajstić information content (AvgIpc) is 2.34. The number of nitrogens with zero attached hydrogens (tertiary/aromatic N) is 1. The summed E-state index contributed by atoms with van der Waals surface area (Å²) in [5, 5.41) is 11.3. The van der Waals surface area contributed by atoms with Gasteiger partial charge in [0.15, 0.2) is 0 Å². The minimum atomic E-state index is -0.0183. The van der Waals surface area contributed by atoms with Crippen molar-refractivity contribution >= 4 is 5.91 Å². The summed E-state index contributed by atoms with van der Waals surface area (Å²) in [6.45, 7) is 5.44. The Morgan fingerprint density at radius 2 is 2.41 bits per heavy atom. The van der Waals surface area contributed by atoms with E-state index in [4.69, 9.17) is 9.84 Å². The second-order valence-corrected chi connectivity index (χ2v) is 4.44. The molecule has 1 unspecified atom stereocenters. The number of carbonyl (C=O) groups is 1. The molecule has 0 bridgehead atoms. The fourth-order valence-corrected chi connectivity index (χ4v) is 2.03. The predicted molar refractivity (Wildman–Crippen MR) is 65.8 cm³/mol. The van der Waals surface area contributed by atoms with Crippen molar-refractivity contribution < 1.29 is 14.6 Å². The SMILES string of the molecule is CCCOC1CCCN(CC(=O)NCCO)C1. The van der Waals surface area contributed by atoms with Gasteiger partial charge in [-0.3, -0.25) is 9.69 Å². The number of nitrogens with one attached hydrogen (secondary N) is 1. The Bertz CT molecular complexity index is 224. The van der Waals surface area contributed by atoms with Crippen LogP contribution < -0.4 is 5.32 Å². The minimum absolute atomic E-state index is 0.00598. The van der Waals surface area contributed by atoms with Crippen molar-refractivity contribution in [1.82, 2.24) is 10.2 Å². The third-order valence-corrected chi connectivity index (χ3v) is 2.82. The van der Waals surface area contributed by atoms with E-state index in [-0.39, 0.29) is 18.6 Å². The van der Waals surface area contributed by atoms with Crippen LogP contribution in [-0.2, 0) is 9.53 Å². The molecule has 1 fully saturated rings. The molecular weight excluding hydrogens is 220 g/mol. The third kappa shape index (κ3) is 6.00. The quantitative estimate of drug-likeness (QED) is 0.661. The van der Waals surface area contributed by atoms with E-state index in [2.05, 4.69) is 17.1 Å². The number of piperidine rings is 1. The molecular formula is C12H24N2O3. The second-order valence-electron chi connectivity index (χ2n) is 4.44. The van der Waals surface area contributed by atoms with Crippen molar-refractivity contribution in [3.05, 3.63) is 0 Å². The Labute approximate surface area is 103 Å². The first-order chi connectivity index (χ1) is 8.26. The molecule has 1 amide bonds. The predicted octanol–water partition coefficient (Wildman–Crippen LogP) is -0.0141. The van der Waals surface area contributed by atoms with Gasteiger partial charge in [-0.25, -0.2) is 0 Å². The summed E-state index contributed by atoms with van der Waals surface area (Å²) in [5.41, 5.74) is 0. The minimum Gasteiger partial charge on any atom is -0.395 e. The summed E-state index contributed by atoms with van der Waals surface area (Å²) in [6.07, 6.45) is 3.48. The van der Waals surface area contributed by atoms with E-state index in [1.807, 2.05) is 0 Å². The highest BCUT2D eigenvalue weighted by Crippen LogP contribution is 2.12. The molecule has 5 nitrogen and oxygen atoms in total. The van der Waals surface area contributed by atoms with Crippen LogP contribution >= 0.6 is 0 Å². The highest BCUT2D eigenvalue weighted by atomic mass is 16.5. The maximum absolute atomic E-state index is 11.5. The van der Waals surface area contributed by atoms with E-state index in [1.54, 1.807) is 0 Å². The second kappa shape index (κ2) is 8.44. The highest BCUT2D eigenvalue weighted by Gasteiger charge is 2.21. The number of carbonyl (C=O) groups excluding carboxylic acids is 1. The Morgan fingerprint density at radius 3 is 3.12 bits per heavy atom. The van der Waals surface area contributed by atoms with Gasteiger partial charge in [-0.1, -0.05) is 6.92 Å². The first-order valence-corrected chi connectivity index (χ1v) is 6.47. The Hall–Kier alpha value is -0.650. The van der Waals surface area contributed by atoms with Crippen LogP contribution in [0.2, 0.25) is 0 Å². The summed E-state index contributed by atoms with van der Waals surface area (Å²) in [5.74, 6) is -0.0183. The van der Waals surface area contributed by atoms with E-state index in [1.165, 1.54) is 0 Å². The van der Waals surface area contributed by atoms with Crippen LogP contribution in [0, 0.1) is 0 Å². The van der Waals surface area contributed by atoms with E-state index in [0.29, 0.717) is 13.1 Å². The molecule has 0 aliphatic carbocycles. The van der Waals surface area contributed by atoms with Crippen molar-refractivity contribution in [2.45, 2.75) is 32.3 Å². The summed E-state index contributed by atoms with van der Waals surface area (Å²) in [6, 6.07) is 0. The van der Waals surface area contributed by atoms with Gasteiger partial charge >= 0.3 is 0 Å². The van der Waals surface area contributed by atoms with Crippen LogP contribution in [0.4, 0.5) is 0 Å². The third-order valence-electron chi connectivity index (χ3n) is 2.82. The van der Waals surface area contributed by atoms with Crippen molar-refractivity contribution in [1.29, 1.82) is 0 Å². The number of likely N-dealkylation sites (tertiary alicyclic amines) is 1. The summed E-state index contributed by atoms with van der Waals surface area (Å²) >= 11 is 0. The molecule has 1 aliphatic heterocycles. The molecule has 1 saturated heterocycles. The fraction of sp³-hybridized carbons (Fsp3) is 0.917. The number of ether oxygens (including phenoxy) is 1. The standard InChI is InChI=1S/C12H24N2O3/c1-2-8-17-11-4-3-6-14(9-11)10-12(16)13-5-7-15/h11,15H,2-10H2,1H3,(H,13,16). The van der Waals surface area contributed by atoms with Crippen molar-refractivity contribution in [2.24, 2.45) is 0 Å². The molecule has 1 rings (SSSR count). The molecule has 0 saturated carbocycles. The maximum atomic E-state index is 11.5. The average molecular weight is 244 g/mol. The molecule has 100 valence electrons. The highest BCUT2D eigenvalue weighted by molar-refractivity contribution is 5.77. The topological polar surface area (TPSA) is 61.8 Å². The fourth-order valence-electron chi connectivity index (χ4n) is 2.03. The Balaban J connectivity index is 2.21. The van der Waals surface area contributed by atoms with Gasteiger partial charge in [0.25, 0.3) is 0 Å². The van der Waals surface area contributed by atoms with Gasteiger partial charge in [0.05, 0.1) is 19.3 Å². The molecule has 5 heteroatoms. The van der Waals surface area contributed by atoms with Crippen molar-refractivity contribution in [3.8, 4) is 0 Å². The molecule has 2 N–H and O–H groups in total. The monoisotopic (exact) mass is 244 g/mol. The molecule has 0 radical (unpaired) electrons. The molecule has 1 aliphatic rings. The molecule has 1 heterocycles. The van der Waals surface area contributed by atoms with Crippen LogP contribution in [-0.4, -0.2) is 61.4 Å². The largest absolute Gasteiger partial charge is 0.395 e. The zero-order valence-corrected chi connectivity index (χ0v) is 10.7. The molecule has 0 aromatic heterocycles. The Kier molecular flexibility index (Phi) is 7.16. The van der Waals surface area contributed by atoms with Gasteiger partial charge in [-0.15, -0.1) is 0 Å². The number of rotatable bonds is 7. The smallest absolute Gasteiger partial charge is 0.234 e. The van der Waals surface area contributed by atoms with E-state index in [9.17, 15) is 4.79 Å². The van der Waals surface area contributed by atoms with Gasteiger partial charge in [-0.2, -0.15) is 0 Å². The van der Waals surface area contributed by atoms with E-state index < -0.39 is 0 Å². The number of aliphatic hydroxyl groups is 1. The first kappa shape index (κ1) is 14.4. The molecule has 1 atom stereocenters. The lowest BCUT2D eigenvalue weighted by Crippen LogP contribution is -2.45. The number of amides is 1. The van der Waals surface area contributed by atoms with Crippen LogP contribution in [0.25, 0.3) is 0 Å². The summed E-state index contributed by atoms with van der Waals surface area (Å²) in [7, 11) is 0. The lowest BCUT2D eigenvalue weighted by molar-refractivity contribution is -0.123. The van der Waals surface area contributed by atoms with Crippen LogP contribution in [0.1, 0.15) is 26.2 Å². The van der Waals surface area contributed by atoms with Gasteiger partial charge < -0.3 is 15.2 Å². The molecule has 0 aromatic carbocycles. The van der Waals surface area contributed by atoms with E-state index in [0.717, 1.165) is 39.0 Å². The molecule has 0 aromatic rings. The van der Waals surface area contributed by atoms with Crippen LogP contribution in [0.15, 0.2) is 0 Å². The van der Waals surface area contributed by atoms with Gasteiger partial charge in [0.1, 0.15) is 0 Å². The maximum Gasteiger partial charge on any atom is 0.234 e. The van der Waals surface area contributed by atoms with E-state index >= 15 is 0 Å². The van der Waals surface area contributed by atoms with Gasteiger partial charge in [0.2, 0.25) is 5.91 Å². The lowest BCUT2D eigenvalue weighted by atomic mass is 10.1. The summed E-state index contributed by atoms with van der Waals surface area (Å²) < 4.78 is 5.71. The molecule has 17 heavy (non-hydrogen) atoms. The molecule has 0 spiro atoms. The summed E-state index contributed by atoms with van der Waals surface area (Å²) in [4.78, 5) is 13.6. The lowest BCUT2D eigenvalue weighted by Gasteiger charge is -2.32. The number of aliphatic hydroxyl groups excluding tert-OH is 1.